The molecule has 4 rings (SSSR count). The number of halogens is 1. The average molecular weight is 412 g/mol. The Bertz CT molecular complexity index is 777. The van der Waals surface area contributed by atoms with Gasteiger partial charge in [-0.05, 0) is 61.8 Å². The molecule has 1 spiro atoms. The Balaban J connectivity index is 1.31. The number of hydrogen-bond donors (Lipinski definition) is 0. The van der Waals surface area contributed by atoms with Gasteiger partial charge < -0.3 is 9.64 Å². The normalized spacial score (nSPS) is 28.1. The summed E-state index contributed by atoms with van der Waals surface area (Å²) in [6.07, 6.45) is 5.58. The third-order valence-corrected chi connectivity index (χ3v) is 8.75. The fourth-order valence-corrected chi connectivity index (χ4v) is 7.74. The van der Waals surface area contributed by atoms with E-state index in [-0.39, 0.29) is 11.5 Å². The molecule has 0 amide bonds. The lowest BCUT2D eigenvalue weighted by Crippen LogP contribution is -2.50. The van der Waals surface area contributed by atoms with Crippen LogP contribution in [0.1, 0.15) is 49.8 Å². The van der Waals surface area contributed by atoms with E-state index in [0.717, 1.165) is 62.5 Å². The van der Waals surface area contributed by atoms with E-state index in [1.54, 1.807) is 0 Å². The number of nitrogens with zero attached hydrogens (tertiary/aromatic N) is 1. The maximum absolute atomic E-state index is 11.6. The minimum atomic E-state index is -2.74. The average Bonchev–Trinajstić information content (AvgIpc) is 2.97. The molecular formula is C21H30ClNO3S. The first-order valence-electron chi connectivity index (χ1n) is 10.2. The summed E-state index contributed by atoms with van der Waals surface area (Å²) in [7, 11) is -2.74. The highest BCUT2D eigenvalue weighted by Gasteiger charge is 2.51. The lowest BCUT2D eigenvalue weighted by molar-refractivity contribution is 0.0150. The quantitative estimate of drug-likeness (QED) is 0.737. The van der Waals surface area contributed by atoms with Crippen LogP contribution in [0, 0.1) is 11.3 Å². The molecule has 3 heterocycles. The lowest BCUT2D eigenvalue weighted by atomic mass is 9.91. The fraction of sp³-hybridized carbons (Fsp3) is 0.714. The molecule has 27 heavy (non-hydrogen) atoms. The molecule has 3 aliphatic heterocycles. The van der Waals surface area contributed by atoms with E-state index < -0.39 is 9.84 Å². The summed E-state index contributed by atoms with van der Waals surface area (Å²) >= 11 is 6.56. The Morgan fingerprint density at radius 3 is 2.81 bits per heavy atom. The Labute approximate surface area is 168 Å². The van der Waals surface area contributed by atoms with Gasteiger partial charge in [-0.1, -0.05) is 30.7 Å². The number of sulfone groups is 1. The highest BCUT2D eigenvalue weighted by Crippen LogP contribution is 2.41. The standard InChI is InChI=1S/C21H30ClNO3S/c1-16(12-23-8-7-21(13-23)14-27(24,25)15-21)10-17-5-6-18(19(22)11-17)20-4-2-3-9-26-20/h5-6,11,16,20H,2-4,7-10,12-15H2,1H3. The van der Waals surface area contributed by atoms with Gasteiger partial charge in [-0.15, -0.1) is 0 Å². The molecule has 3 fully saturated rings. The minimum Gasteiger partial charge on any atom is -0.373 e. The van der Waals surface area contributed by atoms with Crippen LogP contribution in [0.25, 0.3) is 0 Å². The molecule has 1 aromatic carbocycles. The molecule has 2 unspecified atom stereocenters. The fourth-order valence-electron chi connectivity index (χ4n) is 5.16. The van der Waals surface area contributed by atoms with Gasteiger partial charge in [0.05, 0.1) is 17.6 Å². The highest BCUT2D eigenvalue weighted by molar-refractivity contribution is 7.92. The zero-order valence-electron chi connectivity index (χ0n) is 16.1. The van der Waals surface area contributed by atoms with Crippen LogP contribution in [0.3, 0.4) is 0 Å². The van der Waals surface area contributed by atoms with Gasteiger partial charge in [0.2, 0.25) is 0 Å². The first kappa shape index (κ1) is 19.7. The smallest absolute Gasteiger partial charge is 0.151 e. The molecule has 6 heteroatoms. The molecule has 4 nitrogen and oxygen atoms in total. The van der Waals surface area contributed by atoms with Crippen LogP contribution in [-0.2, 0) is 21.0 Å². The van der Waals surface area contributed by atoms with Crippen LogP contribution in [-0.4, -0.2) is 51.1 Å². The first-order chi connectivity index (χ1) is 12.8. The van der Waals surface area contributed by atoms with Crippen molar-refractivity contribution in [1.82, 2.24) is 4.90 Å². The second-order valence-corrected chi connectivity index (χ2v) is 11.5. The molecule has 3 saturated heterocycles. The Hall–Kier alpha value is -0.620. The predicted molar refractivity (Wildman–Crippen MR) is 109 cm³/mol. The molecular weight excluding hydrogens is 382 g/mol. The van der Waals surface area contributed by atoms with Gasteiger partial charge in [0.15, 0.2) is 9.84 Å². The van der Waals surface area contributed by atoms with Gasteiger partial charge in [0.25, 0.3) is 0 Å². The molecule has 0 radical (unpaired) electrons. The van der Waals surface area contributed by atoms with Crippen LogP contribution in [0.4, 0.5) is 0 Å². The van der Waals surface area contributed by atoms with Gasteiger partial charge in [-0.2, -0.15) is 0 Å². The number of ether oxygens (including phenoxy) is 1. The molecule has 2 atom stereocenters. The van der Waals surface area contributed by atoms with Crippen molar-refractivity contribution in [2.24, 2.45) is 11.3 Å². The van der Waals surface area contributed by atoms with E-state index in [2.05, 4.69) is 30.0 Å². The van der Waals surface area contributed by atoms with Crippen molar-refractivity contribution in [2.75, 3.05) is 37.7 Å². The summed E-state index contributed by atoms with van der Waals surface area (Å²) < 4.78 is 29.0. The van der Waals surface area contributed by atoms with E-state index in [9.17, 15) is 8.42 Å². The Morgan fingerprint density at radius 1 is 1.33 bits per heavy atom. The summed E-state index contributed by atoms with van der Waals surface area (Å²) in [5.74, 6) is 1.31. The summed E-state index contributed by atoms with van der Waals surface area (Å²) in [6.45, 7) is 6.09. The maximum Gasteiger partial charge on any atom is 0.151 e. The van der Waals surface area contributed by atoms with Gasteiger partial charge in [-0.3, -0.25) is 0 Å². The van der Waals surface area contributed by atoms with Crippen LogP contribution in [0.15, 0.2) is 18.2 Å². The van der Waals surface area contributed by atoms with Crippen molar-refractivity contribution >= 4 is 21.4 Å². The van der Waals surface area contributed by atoms with Crippen molar-refractivity contribution < 1.29 is 13.2 Å². The summed E-state index contributed by atoms with van der Waals surface area (Å²) in [4.78, 5) is 2.45. The van der Waals surface area contributed by atoms with Crippen molar-refractivity contribution in [2.45, 2.75) is 45.1 Å². The minimum absolute atomic E-state index is 0.0590. The number of likely N-dealkylation sites (tertiary alicyclic amines) is 1. The van der Waals surface area contributed by atoms with E-state index in [4.69, 9.17) is 16.3 Å². The zero-order valence-corrected chi connectivity index (χ0v) is 17.7. The molecule has 0 aliphatic carbocycles. The Kier molecular flexibility index (Phi) is 5.58. The second-order valence-electron chi connectivity index (χ2n) is 9.04. The monoisotopic (exact) mass is 411 g/mol. The van der Waals surface area contributed by atoms with Crippen molar-refractivity contribution in [3.05, 3.63) is 34.3 Å². The van der Waals surface area contributed by atoms with Crippen molar-refractivity contribution in [3.63, 3.8) is 0 Å². The van der Waals surface area contributed by atoms with Gasteiger partial charge in [-0.25, -0.2) is 8.42 Å². The van der Waals surface area contributed by atoms with E-state index in [1.165, 1.54) is 12.0 Å². The summed E-state index contributed by atoms with van der Waals surface area (Å²) in [6, 6.07) is 6.44. The van der Waals surface area contributed by atoms with E-state index in [1.807, 2.05) is 0 Å². The Morgan fingerprint density at radius 2 is 2.15 bits per heavy atom. The predicted octanol–water partition coefficient (Wildman–Crippen LogP) is 3.88. The summed E-state index contributed by atoms with van der Waals surface area (Å²) in [5, 5.41) is 0.825. The van der Waals surface area contributed by atoms with Gasteiger partial charge in [0, 0.05) is 30.1 Å². The topological polar surface area (TPSA) is 46.6 Å². The molecule has 1 aromatic rings. The number of rotatable bonds is 5. The van der Waals surface area contributed by atoms with Crippen molar-refractivity contribution in [1.29, 1.82) is 0 Å². The molecule has 150 valence electrons. The highest BCUT2D eigenvalue weighted by atomic mass is 35.5. The van der Waals surface area contributed by atoms with Gasteiger partial charge >= 0.3 is 0 Å². The molecule has 0 N–H and O–H groups in total. The third-order valence-electron chi connectivity index (χ3n) is 6.32. The SMILES string of the molecule is CC(Cc1ccc(C2CCCCO2)c(Cl)c1)CN1CCC2(C1)CS(=O)(=O)C2. The maximum atomic E-state index is 11.6. The number of hydrogen-bond acceptors (Lipinski definition) is 4. The van der Waals surface area contributed by atoms with Crippen LogP contribution in [0.5, 0.6) is 0 Å². The lowest BCUT2D eigenvalue weighted by Gasteiger charge is -2.37. The first-order valence-corrected chi connectivity index (χ1v) is 12.4. The molecule has 0 bridgehead atoms. The van der Waals surface area contributed by atoms with Crippen molar-refractivity contribution in [3.8, 4) is 0 Å². The van der Waals surface area contributed by atoms with Crippen LogP contribution in [0.2, 0.25) is 5.02 Å². The third kappa shape index (κ3) is 4.52. The summed E-state index contributed by atoms with van der Waals surface area (Å²) in [5.41, 5.74) is 2.45. The van der Waals surface area contributed by atoms with E-state index in [0.29, 0.717) is 17.4 Å². The van der Waals surface area contributed by atoms with Crippen LogP contribution >= 0.6 is 11.6 Å². The second kappa shape index (κ2) is 7.66. The zero-order chi connectivity index (χ0) is 19.1. The molecule has 3 aliphatic rings. The molecule has 0 aromatic heterocycles. The molecule has 0 saturated carbocycles. The largest absolute Gasteiger partial charge is 0.373 e. The van der Waals surface area contributed by atoms with Gasteiger partial charge in [0.1, 0.15) is 0 Å². The van der Waals surface area contributed by atoms with Crippen LogP contribution < -0.4 is 0 Å². The van der Waals surface area contributed by atoms with E-state index >= 15 is 0 Å². The number of benzene rings is 1.